The number of aromatic nitrogens is 4. The first kappa shape index (κ1) is 14.5. The molecule has 0 saturated carbocycles. The van der Waals surface area contributed by atoms with E-state index in [1.54, 1.807) is 0 Å². The first-order valence-corrected chi connectivity index (χ1v) is 6.89. The Hall–Kier alpha value is -1.89. The van der Waals surface area contributed by atoms with Crippen LogP contribution in [0.25, 0.3) is 11.2 Å². The number of rotatable bonds is 5. The lowest BCUT2D eigenvalue weighted by Gasteiger charge is -2.08. The summed E-state index contributed by atoms with van der Waals surface area (Å²) >= 11 is 0. The smallest absolute Gasteiger partial charge is 0.330 e. The summed E-state index contributed by atoms with van der Waals surface area (Å²) in [6.07, 6.45) is 1.78. The van der Waals surface area contributed by atoms with Gasteiger partial charge in [-0.3, -0.25) is 13.9 Å². The van der Waals surface area contributed by atoms with E-state index in [-0.39, 0.29) is 11.2 Å². The van der Waals surface area contributed by atoms with Crippen LogP contribution in [0.4, 0.5) is 0 Å². The number of imidazole rings is 1. The molecule has 20 heavy (non-hydrogen) atoms. The third kappa shape index (κ3) is 2.18. The average Bonchev–Trinajstić information content (AvgIpc) is 2.74. The Morgan fingerprint density at radius 2 is 1.90 bits per heavy atom. The molecular weight excluding hydrogens is 258 g/mol. The Morgan fingerprint density at radius 3 is 2.50 bits per heavy atom. The predicted octanol–water partition coefficient (Wildman–Crippen LogP) is -0.0361. The maximum atomic E-state index is 12.3. The van der Waals surface area contributed by atoms with Crippen LogP contribution >= 0.6 is 0 Å². The van der Waals surface area contributed by atoms with Crippen molar-refractivity contribution in [2.24, 2.45) is 12.8 Å². The van der Waals surface area contributed by atoms with Crippen molar-refractivity contribution in [2.75, 3.05) is 6.54 Å². The van der Waals surface area contributed by atoms with Gasteiger partial charge in [0.15, 0.2) is 11.2 Å². The Bertz CT molecular complexity index is 738. The molecule has 0 unspecified atom stereocenters. The summed E-state index contributed by atoms with van der Waals surface area (Å²) in [5.74, 6) is 0.752. The van der Waals surface area contributed by atoms with E-state index in [2.05, 4.69) is 4.98 Å². The van der Waals surface area contributed by atoms with E-state index in [1.165, 1.54) is 11.6 Å². The zero-order chi connectivity index (χ0) is 14.9. The minimum atomic E-state index is -0.323. The van der Waals surface area contributed by atoms with E-state index in [1.807, 2.05) is 18.4 Å². The minimum Gasteiger partial charge on any atom is -0.330 e. The highest BCUT2D eigenvalue weighted by Crippen LogP contribution is 2.12. The van der Waals surface area contributed by atoms with Crippen LogP contribution in [-0.2, 0) is 20.1 Å². The maximum absolute atomic E-state index is 12.3. The van der Waals surface area contributed by atoms with Crippen LogP contribution in [0.3, 0.4) is 0 Å². The Labute approximate surface area is 116 Å². The number of nitrogens with two attached hydrogens (primary N) is 1. The molecule has 0 atom stereocenters. The van der Waals surface area contributed by atoms with E-state index < -0.39 is 0 Å². The van der Waals surface area contributed by atoms with Gasteiger partial charge in [0.2, 0.25) is 0 Å². The molecule has 0 saturated heterocycles. The molecule has 0 amide bonds. The summed E-state index contributed by atoms with van der Waals surface area (Å²) in [4.78, 5) is 28.8. The summed E-state index contributed by atoms with van der Waals surface area (Å²) in [7, 11) is 1.50. The van der Waals surface area contributed by atoms with Crippen LogP contribution in [-0.4, -0.2) is 25.2 Å². The highest BCUT2D eigenvalue weighted by atomic mass is 16.2. The lowest BCUT2D eigenvalue weighted by Crippen LogP contribution is -2.38. The molecule has 0 aromatic carbocycles. The van der Waals surface area contributed by atoms with Gasteiger partial charge in [-0.25, -0.2) is 9.78 Å². The van der Waals surface area contributed by atoms with Crippen LogP contribution in [0, 0.1) is 6.92 Å². The molecule has 0 bridgehead atoms. The van der Waals surface area contributed by atoms with Crippen molar-refractivity contribution in [3.05, 3.63) is 26.7 Å². The summed E-state index contributed by atoms with van der Waals surface area (Å²) in [6.45, 7) is 5.53. The number of unbranched alkanes of at least 4 members (excludes halogenated alkanes) is 1. The molecule has 2 heterocycles. The highest BCUT2D eigenvalue weighted by Gasteiger charge is 2.17. The topological polar surface area (TPSA) is 87.8 Å². The van der Waals surface area contributed by atoms with Crippen molar-refractivity contribution in [2.45, 2.75) is 39.8 Å². The minimum absolute atomic E-state index is 0.289. The molecular formula is C13H21N5O2. The number of hydrogen-bond donors (Lipinski definition) is 1. The second-order valence-electron chi connectivity index (χ2n) is 4.87. The standard InChI is InChI=1S/C13H21N5O2/c1-4-17-11-10(12(19)16(3)13(17)20)18(9(2)15-11)8-6-5-7-14/h4-8,14H2,1-3H3. The molecule has 2 rings (SSSR count). The molecule has 2 aromatic heterocycles. The Morgan fingerprint density at radius 1 is 1.20 bits per heavy atom. The van der Waals surface area contributed by atoms with Crippen molar-refractivity contribution >= 4 is 11.2 Å². The van der Waals surface area contributed by atoms with E-state index in [4.69, 9.17) is 5.73 Å². The molecule has 0 aliphatic carbocycles. The van der Waals surface area contributed by atoms with Crippen LogP contribution in [0.15, 0.2) is 9.59 Å². The van der Waals surface area contributed by atoms with Crippen molar-refractivity contribution in [1.82, 2.24) is 18.7 Å². The number of fused-ring (bicyclic) bond motifs is 1. The SMILES string of the molecule is CCn1c(=O)n(C)c(=O)c2c1nc(C)n2CCCCN. The van der Waals surface area contributed by atoms with Gasteiger partial charge in [-0.2, -0.15) is 0 Å². The van der Waals surface area contributed by atoms with Gasteiger partial charge in [-0.1, -0.05) is 0 Å². The predicted molar refractivity (Wildman–Crippen MR) is 77.9 cm³/mol. The first-order chi connectivity index (χ1) is 9.52. The summed E-state index contributed by atoms with van der Waals surface area (Å²) in [6, 6.07) is 0. The Kier molecular flexibility index (Phi) is 4.08. The molecule has 2 aromatic rings. The summed E-state index contributed by atoms with van der Waals surface area (Å²) in [5.41, 5.74) is 5.87. The monoisotopic (exact) mass is 279 g/mol. The van der Waals surface area contributed by atoms with Crippen LogP contribution in [0.2, 0.25) is 0 Å². The second-order valence-corrected chi connectivity index (χ2v) is 4.87. The largest absolute Gasteiger partial charge is 0.332 e. The Balaban J connectivity index is 2.72. The fourth-order valence-corrected chi connectivity index (χ4v) is 2.44. The zero-order valence-electron chi connectivity index (χ0n) is 12.2. The fourth-order valence-electron chi connectivity index (χ4n) is 2.44. The molecule has 7 nitrogen and oxygen atoms in total. The van der Waals surface area contributed by atoms with Gasteiger partial charge < -0.3 is 10.3 Å². The lowest BCUT2D eigenvalue weighted by atomic mass is 10.3. The van der Waals surface area contributed by atoms with E-state index in [9.17, 15) is 9.59 Å². The van der Waals surface area contributed by atoms with Gasteiger partial charge in [0.1, 0.15) is 5.82 Å². The third-order valence-electron chi connectivity index (χ3n) is 3.57. The fraction of sp³-hybridized carbons (Fsp3) is 0.615. The van der Waals surface area contributed by atoms with E-state index in [0.717, 1.165) is 23.2 Å². The van der Waals surface area contributed by atoms with Gasteiger partial charge in [-0.15, -0.1) is 0 Å². The van der Waals surface area contributed by atoms with Crippen LogP contribution < -0.4 is 17.0 Å². The van der Waals surface area contributed by atoms with Crippen molar-refractivity contribution in [1.29, 1.82) is 0 Å². The molecule has 110 valence electrons. The maximum Gasteiger partial charge on any atom is 0.332 e. The van der Waals surface area contributed by atoms with Gasteiger partial charge >= 0.3 is 5.69 Å². The molecule has 2 N–H and O–H groups in total. The van der Waals surface area contributed by atoms with Crippen molar-refractivity contribution in [3.63, 3.8) is 0 Å². The normalized spacial score (nSPS) is 11.4. The summed E-state index contributed by atoms with van der Waals surface area (Å²) in [5, 5.41) is 0. The van der Waals surface area contributed by atoms with Crippen LogP contribution in [0.5, 0.6) is 0 Å². The van der Waals surface area contributed by atoms with E-state index in [0.29, 0.717) is 30.8 Å². The molecule has 0 spiro atoms. The van der Waals surface area contributed by atoms with Gasteiger partial charge in [0, 0.05) is 20.1 Å². The van der Waals surface area contributed by atoms with Gasteiger partial charge in [0.05, 0.1) is 0 Å². The molecule has 7 heteroatoms. The molecule has 0 aliphatic rings. The number of hydrogen-bond acceptors (Lipinski definition) is 4. The van der Waals surface area contributed by atoms with E-state index >= 15 is 0 Å². The van der Waals surface area contributed by atoms with Gasteiger partial charge in [-0.05, 0) is 33.2 Å². The van der Waals surface area contributed by atoms with Gasteiger partial charge in [0.25, 0.3) is 5.56 Å². The highest BCUT2D eigenvalue weighted by molar-refractivity contribution is 5.71. The second kappa shape index (κ2) is 5.62. The molecule has 0 radical (unpaired) electrons. The molecule has 0 fully saturated rings. The quantitative estimate of drug-likeness (QED) is 0.778. The average molecular weight is 279 g/mol. The third-order valence-corrected chi connectivity index (χ3v) is 3.57. The molecule has 0 aliphatic heterocycles. The van der Waals surface area contributed by atoms with Crippen LogP contribution in [0.1, 0.15) is 25.6 Å². The zero-order valence-corrected chi connectivity index (χ0v) is 12.2. The number of aryl methyl sites for hydroxylation is 3. The number of nitrogens with zero attached hydrogens (tertiary/aromatic N) is 4. The van der Waals surface area contributed by atoms with Crippen molar-refractivity contribution < 1.29 is 0 Å². The lowest BCUT2D eigenvalue weighted by molar-refractivity contribution is 0.607. The van der Waals surface area contributed by atoms with Crippen molar-refractivity contribution in [3.8, 4) is 0 Å². The first-order valence-electron chi connectivity index (χ1n) is 6.89. The summed E-state index contributed by atoms with van der Waals surface area (Å²) < 4.78 is 4.56.